The van der Waals surface area contributed by atoms with Crippen molar-refractivity contribution in [1.29, 1.82) is 0 Å². The highest BCUT2D eigenvalue weighted by molar-refractivity contribution is 7.99. The Bertz CT molecular complexity index is 693. The minimum absolute atomic E-state index is 0.0279. The lowest BCUT2D eigenvalue weighted by molar-refractivity contribution is -0.113. The van der Waals surface area contributed by atoms with Crippen LogP contribution in [0.15, 0.2) is 36.4 Å². The number of carbonyl (C=O) groups excluding carboxylic acids is 1. The number of anilines is 1. The summed E-state index contributed by atoms with van der Waals surface area (Å²) in [5.74, 6) is 2.14. The van der Waals surface area contributed by atoms with Gasteiger partial charge in [-0.2, -0.15) is 0 Å². The van der Waals surface area contributed by atoms with Gasteiger partial charge in [0.2, 0.25) is 5.91 Å². The third kappa shape index (κ3) is 5.93. The first-order chi connectivity index (χ1) is 11.4. The van der Waals surface area contributed by atoms with E-state index in [0.29, 0.717) is 12.4 Å². The van der Waals surface area contributed by atoms with Crippen LogP contribution in [0.3, 0.4) is 0 Å². The van der Waals surface area contributed by atoms with Gasteiger partial charge in [0, 0.05) is 11.4 Å². The standard InChI is InChI=1S/C20H25NO2S/c1-14-5-6-17(4)19(12-14)21-20(22)13-24-8-7-23-18-10-15(2)9-16(3)11-18/h5-6,9-12H,7-8,13H2,1-4H3,(H,21,22). The van der Waals surface area contributed by atoms with Crippen LogP contribution >= 0.6 is 11.8 Å². The van der Waals surface area contributed by atoms with Crippen LogP contribution in [0.2, 0.25) is 0 Å². The van der Waals surface area contributed by atoms with E-state index in [1.807, 2.05) is 44.2 Å². The Morgan fingerprint density at radius 2 is 1.71 bits per heavy atom. The molecule has 0 spiro atoms. The predicted molar refractivity (Wildman–Crippen MR) is 103 cm³/mol. The number of carbonyl (C=O) groups is 1. The van der Waals surface area contributed by atoms with E-state index >= 15 is 0 Å². The number of rotatable bonds is 7. The number of aryl methyl sites for hydroxylation is 4. The zero-order valence-electron chi connectivity index (χ0n) is 14.8. The van der Waals surface area contributed by atoms with Crippen molar-refractivity contribution in [2.24, 2.45) is 0 Å². The van der Waals surface area contributed by atoms with Crippen LogP contribution in [0, 0.1) is 27.7 Å². The summed E-state index contributed by atoms with van der Waals surface area (Å²) in [5, 5.41) is 2.97. The van der Waals surface area contributed by atoms with Crippen molar-refractivity contribution in [2.45, 2.75) is 27.7 Å². The largest absolute Gasteiger partial charge is 0.493 e. The predicted octanol–water partition coefficient (Wildman–Crippen LogP) is 4.67. The molecule has 1 N–H and O–H groups in total. The molecule has 4 heteroatoms. The molecule has 0 unspecified atom stereocenters. The first-order valence-corrected chi connectivity index (χ1v) is 9.25. The molecular weight excluding hydrogens is 318 g/mol. The summed E-state index contributed by atoms with van der Waals surface area (Å²) in [6.07, 6.45) is 0. The summed E-state index contributed by atoms with van der Waals surface area (Å²) in [5.41, 5.74) is 5.52. The normalized spacial score (nSPS) is 10.5. The Morgan fingerprint density at radius 1 is 1.00 bits per heavy atom. The molecule has 0 saturated carbocycles. The van der Waals surface area contributed by atoms with Crippen molar-refractivity contribution in [2.75, 3.05) is 23.4 Å². The molecule has 24 heavy (non-hydrogen) atoms. The molecule has 1 amide bonds. The van der Waals surface area contributed by atoms with Crippen LogP contribution in [0.5, 0.6) is 5.75 Å². The molecule has 0 aromatic heterocycles. The second kappa shape index (κ2) is 8.78. The molecule has 0 aliphatic heterocycles. The molecular formula is C20H25NO2S. The Hall–Kier alpha value is -1.94. The summed E-state index contributed by atoms with van der Waals surface area (Å²) < 4.78 is 5.75. The van der Waals surface area contributed by atoms with Crippen LogP contribution in [0.4, 0.5) is 5.69 Å². The van der Waals surface area contributed by atoms with Crippen molar-refractivity contribution in [3.05, 3.63) is 58.7 Å². The fourth-order valence-electron chi connectivity index (χ4n) is 2.46. The first kappa shape index (κ1) is 18.4. The Labute approximate surface area is 148 Å². The van der Waals surface area contributed by atoms with E-state index in [1.165, 1.54) is 11.1 Å². The van der Waals surface area contributed by atoms with Gasteiger partial charge in [0.15, 0.2) is 0 Å². The third-order valence-electron chi connectivity index (χ3n) is 3.59. The molecule has 2 aromatic rings. The smallest absolute Gasteiger partial charge is 0.234 e. The summed E-state index contributed by atoms with van der Waals surface area (Å²) in [4.78, 5) is 12.0. The van der Waals surface area contributed by atoms with Gasteiger partial charge < -0.3 is 10.1 Å². The van der Waals surface area contributed by atoms with Gasteiger partial charge in [-0.05, 0) is 68.1 Å². The maximum absolute atomic E-state index is 12.0. The lowest BCUT2D eigenvalue weighted by atomic mass is 10.1. The maximum atomic E-state index is 12.0. The van der Waals surface area contributed by atoms with Crippen LogP contribution in [-0.2, 0) is 4.79 Å². The lowest BCUT2D eigenvalue weighted by Crippen LogP contribution is -2.16. The molecule has 2 aromatic carbocycles. The monoisotopic (exact) mass is 343 g/mol. The summed E-state index contributed by atoms with van der Waals surface area (Å²) in [6, 6.07) is 12.3. The van der Waals surface area contributed by atoms with Crippen molar-refractivity contribution < 1.29 is 9.53 Å². The van der Waals surface area contributed by atoms with E-state index in [1.54, 1.807) is 11.8 Å². The first-order valence-electron chi connectivity index (χ1n) is 8.10. The minimum Gasteiger partial charge on any atom is -0.493 e. The lowest BCUT2D eigenvalue weighted by Gasteiger charge is -2.10. The van der Waals surface area contributed by atoms with Gasteiger partial charge in [0.05, 0.1) is 12.4 Å². The minimum atomic E-state index is 0.0279. The van der Waals surface area contributed by atoms with E-state index in [0.717, 1.165) is 28.3 Å². The summed E-state index contributed by atoms with van der Waals surface area (Å²) in [7, 11) is 0. The van der Waals surface area contributed by atoms with Gasteiger partial charge >= 0.3 is 0 Å². The van der Waals surface area contributed by atoms with Gasteiger partial charge in [-0.3, -0.25) is 4.79 Å². The molecule has 0 bridgehead atoms. The van der Waals surface area contributed by atoms with E-state index in [2.05, 4.69) is 25.2 Å². The van der Waals surface area contributed by atoms with Crippen LogP contribution in [-0.4, -0.2) is 24.0 Å². The number of thioether (sulfide) groups is 1. The number of benzene rings is 2. The van der Waals surface area contributed by atoms with Crippen molar-refractivity contribution in [3.63, 3.8) is 0 Å². The number of hydrogen-bond acceptors (Lipinski definition) is 3. The molecule has 3 nitrogen and oxygen atoms in total. The van der Waals surface area contributed by atoms with Gasteiger partial charge in [0.1, 0.15) is 5.75 Å². The van der Waals surface area contributed by atoms with Crippen LogP contribution in [0.25, 0.3) is 0 Å². The molecule has 0 saturated heterocycles. The summed E-state index contributed by atoms with van der Waals surface area (Å²) in [6.45, 7) is 8.75. The third-order valence-corrected chi connectivity index (χ3v) is 4.51. The summed E-state index contributed by atoms with van der Waals surface area (Å²) >= 11 is 1.58. The topological polar surface area (TPSA) is 38.3 Å². The van der Waals surface area contributed by atoms with E-state index in [4.69, 9.17) is 4.74 Å². The number of nitrogens with one attached hydrogen (secondary N) is 1. The van der Waals surface area contributed by atoms with E-state index in [9.17, 15) is 4.79 Å². The van der Waals surface area contributed by atoms with Gasteiger partial charge in [-0.1, -0.05) is 18.2 Å². The van der Waals surface area contributed by atoms with Crippen molar-refractivity contribution in [1.82, 2.24) is 0 Å². The molecule has 0 heterocycles. The average Bonchev–Trinajstić information content (AvgIpc) is 2.49. The van der Waals surface area contributed by atoms with Crippen molar-refractivity contribution >= 4 is 23.4 Å². The maximum Gasteiger partial charge on any atom is 0.234 e. The number of amides is 1. The molecule has 0 radical (unpaired) electrons. The van der Waals surface area contributed by atoms with E-state index in [-0.39, 0.29) is 5.91 Å². The van der Waals surface area contributed by atoms with E-state index < -0.39 is 0 Å². The highest BCUT2D eigenvalue weighted by Crippen LogP contribution is 2.18. The second-order valence-electron chi connectivity index (χ2n) is 6.09. The Morgan fingerprint density at radius 3 is 2.42 bits per heavy atom. The molecule has 0 aliphatic carbocycles. The van der Waals surface area contributed by atoms with Crippen LogP contribution in [0.1, 0.15) is 22.3 Å². The highest BCUT2D eigenvalue weighted by atomic mass is 32.2. The fraction of sp³-hybridized carbons (Fsp3) is 0.350. The quantitative estimate of drug-likeness (QED) is 0.742. The van der Waals surface area contributed by atoms with Gasteiger partial charge in [-0.25, -0.2) is 0 Å². The zero-order valence-corrected chi connectivity index (χ0v) is 15.6. The second-order valence-corrected chi connectivity index (χ2v) is 7.20. The van der Waals surface area contributed by atoms with Gasteiger partial charge in [-0.15, -0.1) is 11.8 Å². The fourth-order valence-corrected chi connectivity index (χ4v) is 3.06. The molecule has 2 rings (SSSR count). The van der Waals surface area contributed by atoms with Crippen molar-refractivity contribution in [3.8, 4) is 5.75 Å². The highest BCUT2D eigenvalue weighted by Gasteiger charge is 2.05. The molecule has 128 valence electrons. The van der Waals surface area contributed by atoms with Gasteiger partial charge in [0.25, 0.3) is 0 Å². The molecule has 0 fully saturated rings. The Balaban J connectivity index is 1.70. The Kier molecular flexibility index (Phi) is 6.73. The van der Waals surface area contributed by atoms with Crippen LogP contribution < -0.4 is 10.1 Å². The SMILES string of the molecule is Cc1cc(C)cc(OCCSCC(=O)Nc2cc(C)ccc2C)c1. The number of hydrogen-bond donors (Lipinski definition) is 1. The molecule has 0 atom stereocenters. The number of ether oxygens (including phenoxy) is 1. The average molecular weight is 343 g/mol. The zero-order chi connectivity index (χ0) is 17.5. The molecule has 0 aliphatic rings.